The fourth-order valence-corrected chi connectivity index (χ4v) is 4.77. The number of alkyl halides is 2. The molecule has 0 bridgehead atoms. The lowest BCUT2D eigenvalue weighted by Crippen LogP contribution is -2.15. The minimum Gasteiger partial charge on any atom is -0.338 e. The summed E-state index contributed by atoms with van der Waals surface area (Å²) in [6.07, 6.45) is 0.334. The Morgan fingerprint density at radius 3 is 2.24 bits per heavy atom. The van der Waals surface area contributed by atoms with Crippen molar-refractivity contribution in [3.05, 3.63) is 106 Å². The average molecular weight is 535 g/mol. The van der Waals surface area contributed by atoms with E-state index in [0.29, 0.717) is 23.7 Å². The number of hydrogen-bond acceptors (Lipinski definition) is 4. The van der Waals surface area contributed by atoms with Gasteiger partial charge in [-0.25, -0.2) is 0 Å². The fraction of sp³-hybridized carbons (Fsp3) is 0.130. The minimum absolute atomic E-state index is 0.101. The highest BCUT2D eigenvalue weighted by Crippen LogP contribution is 2.60. The molecule has 1 atom stereocenters. The third-order valence-corrected chi connectivity index (χ3v) is 6.77. The molecule has 0 aliphatic rings. The molecule has 0 fully saturated rings. The van der Waals surface area contributed by atoms with Crippen molar-refractivity contribution < 1.29 is 27.7 Å². The van der Waals surface area contributed by atoms with Crippen LogP contribution in [0.3, 0.4) is 0 Å². The van der Waals surface area contributed by atoms with Crippen molar-refractivity contribution in [2.24, 2.45) is 0 Å². The normalized spacial score (nSPS) is 13.1. The Bertz CT molecular complexity index is 1300. The SMILES string of the molecule is O=P(O)(O)C(F)(F)c1ccc(CC(c2ccccc2)c2nc(-c3ccccc3)no2)cc1Br. The van der Waals surface area contributed by atoms with Crippen LogP contribution in [0.15, 0.2) is 87.9 Å². The molecule has 0 saturated carbocycles. The Kier molecular flexibility index (Phi) is 6.59. The van der Waals surface area contributed by atoms with Crippen molar-refractivity contribution in [2.45, 2.75) is 18.0 Å². The first-order chi connectivity index (χ1) is 15.7. The molecule has 0 saturated heterocycles. The molecule has 0 amide bonds. The van der Waals surface area contributed by atoms with Crippen LogP contribution >= 0.6 is 23.5 Å². The molecule has 33 heavy (non-hydrogen) atoms. The van der Waals surface area contributed by atoms with Gasteiger partial charge in [0.05, 0.1) is 5.92 Å². The summed E-state index contributed by atoms with van der Waals surface area (Å²) in [6.45, 7) is 0. The summed E-state index contributed by atoms with van der Waals surface area (Å²) in [5.41, 5.74) is -2.76. The number of hydrogen-bond donors (Lipinski definition) is 2. The van der Waals surface area contributed by atoms with E-state index >= 15 is 0 Å². The van der Waals surface area contributed by atoms with Crippen LogP contribution in [0.5, 0.6) is 0 Å². The Morgan fingerprint density at radius 1 is 1.00 bits per heavy atom. The van der Waals surface area contributed by atoms with Gasteiger partial charge in [-0.3, -0.25) is 4.57 Å². The maximum Gasteiger partial charge on any atom is 0.399 e. The van der Waals surface area contributed by atoms with Crippen molar-refractivity contribution in [2.75, 3.05) is 0 Å². The predicted octanol–water partition coefficient (Wildman–Crippen LogP) is 6.10. The van der Waals surface area contributed by atoms with E-state index in [-0.39, 0.29) is 10.4 Å². The van der Waals surface area contributed by atoms with Crippen molar-refractivity contribution in [3.63, 3.8) is 0 Å². The molecule has 4 rings (SSSR count). The van der Waals surface area contributed by atoms with Crippen molar-refractivity contribution in [1.29, 1.82) is 0 Å². The molecule has 4 aromatic rings. The summed E-state index contributed by atoms with van der Waals surface area (Å²) in [5, 5.41) is 4.08. The summed E-state index contributed by atoms with van der Waals surface area (Å²) >= 11 is 3.04. The molecule has 1 aromatic heterocycles. The lowest BCUT2D eigenvalue weighted by atomic mass is 9.91. The van der Waals surface area contributed by atoms with Gasteiger partial charge in [0.2, 0.25) is 11.7 Å². The summed E-state index contributed by atoms with van der Waals surface area (Å²) < 4.78 is 45.1. The van der Waals surface area contributed by atoms with Crippen LogP contribution < -0.4 is 0 Å². The second kappa shape index (κ2) is 9.27. The van der Waals surface area contributed by atoms with Crippen LogP contribution in [0.2, 0.25) is 0 Å². The quantitative estimate of drug-likeness (QED) is 0.278. The van der Waals surface area contributed by atoms with Crippen molar-refractivity contribution >= 4 is 23.5 Å². The molecule has 1 heterocycles. The van der Waals surface area contributed by atoms with Gasteiger partial charge in [-0.1, -0.05) is 93.9 Å². The predicted molar refractivity (Wildman–Crippen MR) is 122 cm³/mol. The zero-order valence-corrected chi connectivity index (χ0v) is 19.5. The maximum atomic E-state index is 14.2. The molecular weight excluding hydrogens is 517 g/mol. The lowest BCUT2D eigenvalue weighted by molar-refractivity contribution is 0.0557. The second-order valence-corrected chi connectivity index (χ2v) is 9.89. The van der Waals surface area contributed by atoms with Crippen molar-refractivity contribution in [1.82, 2.24) is 10.1 Å². The number of halogens is 3. The molecule has 10 heteroatoms. The van der Waals surface area contributed by atoms with E-state index in [1.165, 1.54) is 12.1 Å². The Labute approximate surface area is 196 Å². The number of aromatic nitrogens is 2. The first kappa shape index (κ1) is 23.4. The Balaban J connectivity index is 1.69. The van der Waals surface area contributed by atoms with E-state index in [1.54, 1.807) is 0 Å². The van der Waals surface area contributed by atoms with E-state index < -0.39 is 18.8 Å². The molecule has 0 spiro atoms. The van der Waals surface area contributed by atoms with Crippen molar-refractivity contribution in [3.8, 4) is 11.4 Å². The molecule has 0 radical (unpaired) electrons. The van der Waals surface area contributed by atoms with Gasteiger partial charge in [0.1, 0.15) is 0 Å². The second-order valence-electron chi connectivity index (χ2n) is 7.39. The molecular formula is C23H18BrF2N2O4P. The topological polar surface area (TPSA) is 96.5 Å². The smallest absolute Gasteiger partial charge is 0.338 e. The number of rotatable bonds is 7. The van der Waals surface area contributed by atoms with Crippen LogP contribution in [0.4, 0.5) is 8.78 Å². The Hall–Kier alpha value is -2.71. The van der Waals surface area contributed by atoms with Crippen LogP contribution in [0, 0.1) is 0 Å². The third-order valence-electron chi connectivity index (χ3n) is 5.14. The van der Waals surface area contributed by atoms with Gasteiger partial charge >= 0.3 is 13.3 Å². The number of benzene rings is 3. The van der Waals surface area contributed by atoms with E-state index in [0.717, 1.165) is 17.2 Å². The van der Waals surface area contributed by atoms with Gasteiger partial charge in [-0.15, -0.1) is 0 Å². The lowest BCUT2D eigenvalue weighted by Gasteiger charge is -2.20. The summed E-state index contributed by atoms with van der Waals surface area (Å²) in [6, 6.07) is 22.6. The maximum absolute atomic E-state index is 14.2. The fourth-order valence-electron chi connectivity index (χ4n) is 3.44. The first-order valence-corrected chi connectivity index (χ1v) is 12.2. The van der Waals surface area contributed by atoms with E-state index in [4.69, 9.17) is 14.3 Å². The molecule has 170 valence electrons. The molecule has 6 nitrogen and oxygen atoms in total. The van der Waals surface area contributed by atoms with Crippen LogP contribution in [0.25, 0.3) is 11.4 Å². The molecule has 3 aromatic carbocycles. The highest BCUT2D eigenvalue weighted by Gasteiger charge is 2.51. The zero-order valence-electron chi connectivity index (χ0n) is 17.0. The van der Waals surface area contributed by atoms with E-state index in [1.807, 2.05) is 60.7 Å². The summed E-state index contributed by atoms with van der Waals surface area (Å²) in [7, 11) is -5.68. The van der Waals surface area contributed by atoms with Gasteiger partial charge in [-0.05, 0) is 23.6 Å². The van der Waals surface area contributed by atoms with Crippen LogP contribution in [-0.2, 0) is 16.6 Å². The monoisotopic (exact) mass is 534 g/mol. The highest BCUT2D eigenvalue weighted by molar-refractivity contribution is 9.10. The van der Waals surface area contributed by atoms with Gasteiger partial charge in [0, 0.05) is 15.6 Å². The molecule has 0 aliphatic carbocycles. The summed E-state index contributed by atoms with van der Waals surface area (Å²) in [5.74, 6) is 0.432. The Morgan fingerprint density at radius 2 is 1.64 bits per heavy atom. The standard InChI is InChI=1S/C23H18BrF2N2O4P/c24-20-14-15(11-12-19(20)23(25,26)33(29,30)31)13-18(16-7-3-1-4-8-16)22-27-21(28-32-22)17-9-5-2-6-10-17/h1-12,14,18H,13H2,(H2,29,30,31). The van der Waals surface area contributed by atoms with Gasteiger partial charge in [0.15, 0.2) is 0 Å². The van der Waals surface area contributed by atoms with Crippen LogP contribution in [0.1, 0.15) is 28.5 Å². The highest BCUT2D eigenvalue weighted by atomic mass is 79.9. The van der Waals surface area contributed by atoms with E-state index in [2.05, 4.69) is 26.1 Å². The molecule has 2 N–H and O–H groups in total. The third kappa shape index (κ3) is 4.96. The first-order valence-electron chi connectivity index (χ1n) is 9.83. The molecule has 0 aliphatic heterocycles. The van der Waals surface area contributed by atoms with E-state index in [9.17, 15) is 13.3 Å². The van der Waals surface area contributed by atoms with Gasteiger partial charge < -0.3 is 14.3 Å². The molecule has 1 unspecified atom stereocenters. The zero-order chi connectivity index (χ0) is 23.6. The number of nitrogens with zero attached hydrogens (tertiary/aromatic N) is 2. The van der Waals surface area contributed by atoms with Gasteiger partial charge in [-0.2, -0.15) is 13.8 Å². The largest absolute Gasteiger partial charge is 0.399 e. The van der Waals surface area contributed by atoms with Gasteiger partial charge in [0.25, 0.3) is 0 Å². The average Bonchev–Trinajstić information content (AvgIpc) is 3.28. The summed E-state index contributed by atoms with van der Waals surface area (Å²) in [4.78, 5) is 22.6. The van der Waals surface area contributed by atoms with Crippen LogP contribution in [-0.4, -0.2) is 19.9 Å². The minimum atomic E-state index is -5.68.